The van der Waals surface area contributed by atoms with Crippen molar-refractivity contribution >= 4 is 11.9 Å². The van der Waals surface area contributed by atoms with E-state index in [1.165, 1.54) is 19.3 Å². The zero-order chi connectivity index (χ0) is 7.23. The van der Waals surface area contributed by atoms with Crippen molar-refractivity contribution in [3.05, 3.63) is 11.6 Å². The molecule has 0 spiro atoms. The predicted octanol–water partition coefficient (Wildman–Crippen LogP) is 2.12. The predicted molar refractivity (Wildman–Crippen MR) is 46.1 cm³/mol. The van der Waals surface area contributed by atoms with E-state index in [1.807, 2.05) is 6.20 Å². The molecule has 1 rings (SSSR count). The van der Waals surface area contributed by atoms with Crippen molar-refractivity contribution in [1.29, 1.82) is 0 Å². The topological polar surface area (TPSA) is 15.3 Å². The first kappa shape index (κ1) is 7.95. The number of nitrogens with zero attached hydrogens (tertiary/aromatic N) is 1. The molecule has 0 atom stereocenters. The van der Waals surface area contributed by atoms with Crippen LogP contribution in [-0.2, 0) is 0 Å². The Morgan fingerprint density at radius 1 is 1.50 bits per heavy atom. The Hall–Kier alpha value is -0.150. The molecule has 0 unspecified atom stereocenters. The minimum absolute atomic E-state index is 1.14. The molecule has 58 valence electrons. The van der Waals surface area contributed by atoms with Gasteiger partial charge in [-0.2, -0.15) is 4.41 Å². The van der Waals surface area contributed by atoms with Crippen molar-refractivity contribution in [3.63, 3.8) is 0 Å². The lowest BCUT2D eigenvalue weighted by molar-refractivity contribution is 0.404. The van der Waals surface area contributed by atoms with Gasteiger partial charge in [0.15, 0.2) is 0 Å². The summed E-state index contributed by atoms with van der Waals surface area (Å²) in [5.74, 6) is 0. The average Bonchev–Trinajstić information content (AvgIpc) is 2.41. The molecule has 0 radical (unpaired) electrons. The second-order valence-electron chi connectivity index (χ2n) is 2.35. The second kappa shape index (κ2) is 4.63. The van der Waals surface area contributed by atoms with Crippen molar-refractivity contribution in [2.24, 2.45) is 0 Å². The highest BCUT2D eigenvalue weighted by Crippen LogP contribution is 2.14. The third kappa shape index (κ3) is 2.62. The number of hydrazine groups is 1. The van der Waals surface area contributed by atoms with Gasteiger partial charge in [-0.15, -0.1) is 0 Å². The molecule has 0 aliphatic carbocycles. The molecular weight excluding hydrogens is 144 g/mol. The Balaban J connectivity index is 1.93. The lowest BCUT2D eigenvalue weighted by atomic mass is 10.2. The maximum atomic E-state index is 3.13. The standard InChI is InChI=1S/C7H14N2S/c1-2-3-4-6-9-8-5-7-10-9/h5,7-8H,2-4,6H2,1H3. The molecule has 1 heterocycles. The molecule has 0 aromatic heterocycles. The zero-order valence-electron chi connectivity index (χ0n) is 6.34. The fourth-order valence-corrected chi connectivity index (χ4v) is 1.50. The van der Waals surface area contributed by atoms with Gasteiger partial charge in [0, 0.05) is 18.2 Å². The number of hydrogen-bond acceptors (Lipinski definition) is 3. The van der Waals surface area contributed by atoms with Crippen LogP contribution in [0, 0.1) is 0 Å². The largest absolute Gasteiger partial charge is 0.316 e. The lowest BCUT2D eigenvalue weighted by Gasteiger charge is -2.12. The normalized spacial score (nSPS) is 17.7. The van der Waals surface area contributed by atoms with E-state index >= 15 is 0 Å². The summed E-state index contributed by atoms with van der Waals surface area (Å²) in [4.78, 5) is 0. The quantitative estimate of drug-likeness (QED) is 0.498. The van der Waals surface area contributed by atoms with Crippen molar-refractivity contribution < 1.29 is 0 Å². The first-order chi connectivity index (χ1) is 4.93. The van der Waals surface area contributed by atoms with Gasteiger partial charge in [0.05, 0.1) is 0 Å². The Bertz CT molecular complexity index is 106. The van der Waals surface area contributed by atoms with Crippen LogP contribution in [0.1, 0.15) is 26.2 Å². The maximum Gasteiger partial charge on any atom is 0.0297 e. The van der Waals surface area contributed by atoms with Crippen LogP contribution in [0.15, 0.2) is 11.6 Å². The zero-order valence-corrected chi connectivity index (χ0v) is 7.16. The van der Waals surface area contributed by atoms with Crippen molar-refractivity contribution in [2.45, 2.75) is 26.2 Å². The first-order valence-electron chi connectivity index (χ1n) is 3.79. The van der Waals surface area contributed by atoms with Crippen molar-refractivity contribution in [1.82, 2.24) is 9.84 Å². The van der Waals surface area contributed by atoms with Gasteiger partial charge in [-0.3, -0.25) is 0 Å². The SMILES string of the molecule is CCCCCN1NC=CS1. The van der Waals surface area contributed by atoms with E-state index < -0.39 is 0 Å². The van der Waals surface area contributed by atoms with E-state index in [4.69, 9.17) is 0 Å². The Morgan fingerprint density at radius 3 is 3.00 bits per heavy atom. The molecule has 10 heavy (non-hydrogen) atoms. The summed E-state index contributed by atoms with van der Waals surface area (Å²) in [6.45, 7) is 3.37. The third-order valence-electron chi connectivity index (χ3n) is 1.44. The van der Waals surface area contributed by atoms with Gasteiger partial charge >= 0.3 is 0 Å². The molecule has 0 bridgehead atoms. The van der Waals surface area contributed by atoms with Crippen LogP contribution in [0.25, 0.3) is 0 Å². The fraction of sp³-hybridized carbons (Fsp3) is 0.714. The Labute approximate surface area is 66.8 Å². The number of unbranched alkanes of at least 4 members (excludes halogenated alkanes) is 2. The van der Waals surface area contributed by atoms with Crippen LogP contribution < -0.4 is 5.43 Å². The number of nitrogens with one attached hydrogen (secondary N) is 1. The van der Waals surface area contributed by atoms with Gasteiger partial charge in [0.1, 0.15) is 0 Å². The van der Waals surface area contributed by atoms with Gasteiger partial charge in [-0.25, -0.2) is 0 Å². The van der Waals surface area contributed by atoms with Crippen LogP contribution >= 0.6 is 11.9 Å². The van der Waals surface area contributed by atoms with Gasteiger partial charge < -0.3 is 5.43 Å². The molecule has 3 heteroatoms. The van der Waals surface area contributed by atoms with Gasteiger partial charge in [-0.05, 0) is 18.4 Å². The van der Waals surface area contributed by atoms with E-state index in [0.717, 1.165) is 6.54 Å². The van der Waals surface area contributed by atoms with Gasteiger partial charge in [-0.1, -0.05) is 19.8 Å². The summed E-state index contributed by atoms with van der Waals surface area (Å²) in [6, 6.07) is 0. The maximum absolute atomic E-state index is 3.13. The molecule has 0 amide bonds. The van der Waals surface area contributed by atoms with Crippen molar-refractivity contribution in [3.8, 4) is 0 Å². The van der Waals surface area contributed by atoms with E-state index in [-0.39, 0.29) is 0 Å². The molecule has 1 N–H and O–H groups in total. The van der Waals surface area contributed by atoms with Gasteiger partial charge in [0.25, 0.3) is 0 Å². The summed E-state index contributed by atoms with van der Waals surface area (Å²) in [5, 5.41) is 2.06. The third-order valence-corrected chi connectivity index (χ3v) is 2.24. The summed E-state index contributed by atoms with van der Waals surface area (Å²) < 4.78 is 2.15. The van der Waals surface area contributed by atoms with E-state index in [2.05, 4.69) is 22.2 Å². The molecule has 0 aromatic rings. The van der Waals surface area contributed by atoms with E-state index in [9.17, 15) is 0 Å². The van der Waals surface area contributed by atoms with Crippen LogP contribution in [0.3, 0.4) is 0 Å². The molecule has 0 aromatic carbocycles. The summed E-state index contributed by atoms with van der Waals surface area (Å²) in [6.07, 6.45) is 5.89. The molecule has 1 aliphatic rings. The van der Waals surface area contributed by atoms with Crippen LogP contribution in [0.2, 0.25) is 0 Å². The highest BCUT2D eigenvalue weighted by molar-refractivity contribution is 8.00. The smallest absolute Gasteiger partial charge is 0.0297 e. The van der Waals surface area contributed by atoms with Crippen LogP contribution in [0.5, 0.6) is 0 Å². The highest BCUT2D eigenvalue weighted by Gasteiger charge is 2.03. The lowest BCUT2D eigenvalue weighted by Crippen LogP contribution is -2.24. The fourth-order valence-electron chi connectivity index (χ4n) is 0.871. The summed E-state index contributed by atoms with van der Waals surface area (Å²) in [7, 11) is 0. The van der Waals surface area contributed by atoms with Crippen LogP contribution in [-0.4, -0.2) is 11.0 Å². The highest BCUT2D eigenvalue weighted by atomic mass is 32.2. The Morgan fingerprint density at radius 2 is 2.40 bits per heavy atom. The van der Waals surface area contributed by atoms with Crippen molar-refractivity contribution in [2.75, 3.05) is 6.54 Å². The molecule has 0 saturated carbocycles. The van der Waals surface area contributed by atoms with Gasteiger partial charge in [0.2, 0.25) is 0 Å². The molecule has 1 aliphatic heterocycles. The summed E-state index contributed by atoms with van der Waals surface area (Å²) >= 11 is 1.73. The minimum Gasteiger partial charge on any atom is -0.316 e. The Kier molecular flexibility index (Phi) is 3.68. The molecule has 0 fully saturated rings. The minimum atomic E-state index is 1.14. The average molecular weight is 158 g/mol. The monoisotopic (exact) mass is 158 g/mol. The van der Waals surface area contributed by atoms with Crippen LogP contribution in [0.4, 0.5) is 0 Å². The molecule has 2 nitrogen and oxygen atoms in total. The second-order valence-corrected chi connectivity index (χ2v) is 3.27. The molecule has 0 saturated heterocycles. The van der Waals surface area contributed by atoms with E-state index in [1.54, 1.807) is 11.9 Å². The summed E-state index contributed by atoms with van der Waals surface area (Å²) in [5.41, 5.74) is 3.13. The number of hydrogen-bond donors (Lipinski definition) is 1. The molecular formula is C7H14N2S. The first-order valence-corrected chi connectivity index (χ1v) is 4.62. The number of rotatable bonds is 4. The van der Waals surface area contributed by atoms with E-state index in [0.29, 0.717) is 0 Å².